The Morgan fingerprint density at radius 2 is 1.56 bits per heavy atom. The van der Waals surface area contributed by atoms with Crippen molar-refractivity contribution in [2.75, 3.05) is 26.4 Å². The summed E-state index contributed by atoms with van der Waals surface area (Å²) in [6, 6.07) is 13.7. The van der Waals surface area contributed by atoms with Crippen LogP contribution >= 0.6 is 11.6 Å². The van der Waals surface area contributed by atoms with Crippen LogP contribution in [0, 0.1) is 0 Å². The minimum Gasteiger partial charge on any atom is -0.494 e. The maximum atomic E-state index is 11.9. The van der Waals surface area contributed by atoms with Crippen molar-refractivity contribution in [2.24, 2.45) is 0 Å². The number of esters is 1. The van der Waals surface area contributed by atoms with Gasteiger partial charge in [0.25, 0.3) is 5.91 Å². The van der Waals surface area contributed by atoms with Gasteiger partial charge >= 0.3 is 5.97 Å². The number of hydrogen-bond acceptors (Lipinski definition) is 5. The summed E-state index contributed by atoms with van der Waals surface area (Å²) < 4.78 is 15.9. The van der Waals surface area contributed by atoms with E-state index in [1.165, 1.54) is 0 Å². The van der Waals surface area contributed by atoms with E-state index in [0.717, 1.165) is 5.75 Å². The number of carbonyl (C=O) groups excluding carboxylic acids is 2. The molecule has 0 aliphatic heterocycles. The number of benzene rings is 2. The highest BCUT2D eigenvalue weighted by Crippen LogP contribution is 2.17. The van der Waals surface area contributed by atoms with Crippen molar-refractivity contribution in [1.29, 1.82) is 0 Å². The third-order valence-electron chi connectivity index (χ3n) is 3.47. The summed E-state index contributed by atoms with van der Waals surface area (Å²) in [7, 11) is 0. The van der Waals surface area contributed by atoms with Gasteiger partial charge in [-0.1, -0.05) is 11.6 Å². The lowest BCUT2D eigenvalue weighted by Gasteiger charge is -2.09. The van der Waals surface area contributed by atoms with Gasteiger partial charge in [-0.2, -0.15) is 0 Å². The Morgan fingerprint density at radius 1 is 0.926 bits per heavy atom. The van der Waals surface area contributed by atoms with Crippen LogP contribution in [0.4, 0.5) is 0 Å². The first kappa shape index (κ1) is 20.6. The number of ether oxygens (including phenoxy) is 3. The minimum atomic E-state index is -0.401. The first-order chi connectivity index (χ1) is 13.1. The van der Waals surface area contributed by atoms with Crippen LogP contribution in [0.2, 0.25) is 5.02 Å². The highest BCUT2D eigenvalue weighted by atomic mass is 35.5. The molecule has 1 amide bonds. The van der Waals surface area contributed by atoms with Crippen molar-refractivity contribution < 1.29 is 23.8 Å². The maximum absolute atomic E-state index is 11.9. The summed E-state index contributed by atoms with van der Waals surface area (Å²) in [6.45, 7) is 3.10. The van der Waals surface area contributed by atoms with Gasteiger partial charge in [0.05, 0.1) is 13.0 Å². The summed E-state index contributed by atoms with van der Waals surface area (Å²) in [5.41, 5.74) is 0.483. The average Bonchev–Trinajstić information content (AvgIpc) is 2.67. The fourth-order valence-electron chi connectivity index (χ4n) is 2.17. The Morgan fingerprint density at radius 3 is 2.19 bits per heavy atom. The third kappa shape index (κ3) is 7.58. The van der Waals surface area contributed by atoms with Crippen molar-refractivity contribution in [2.45, 2.75) is 13.3 Å². The van der Waals surface area contributed by atoms with E-state index in [9.17, 15) is 9.59 Å². The Kier molecular flexibility index (Phi) is 8.45. The minimum absolute atomic E-state index is 0.0857. The van der Waals surface area contributed by atoms with Crippen molar-refractivity contribution in [3.05, 3.63) is 59.1 Å². The molecule has 144 valence electrons. The number of rotatable bonds is 10. The Bertz CT molecular complexity index is 731. The Hall–Kier alpha value is -2.73. The largest absolute Gasteiger partial charge is 0.494 e. The van der Waals surface area contributed by atoms with E-state index >= 15 is 0 Å². The molecule has 0 unspecified atom stereocenters. The molecule has 27 heavy (non-hydrogen) atoms. The number of halogens is 1. The van der Waals surface area contributed by atoms with Crippen molar-refractivity contribution in [1.82, 2.24) is 5.32 Å². The molecule has 2 aromatic rings. The highest BCUT2D eigenvalue weighted by molar-refractivity contribution is 6.30. The van der Waals surface area contributed by atoms with Gasteiger partial charge in [-0.15, -0.1) is 0 Å². The molecule has 0 saturated carbocycles. The second-order valence-electron chi connectivity index (χ2n) is 5.49. The van der Waals surface area contributed by atoms with E-state index in [1.807, 2.05) is 19.1 Å². The standard InChI is InChI=1S/C20H22ClNO5/c1-2-25-17-7-9-18(10-8-17)26-13-14-27-19(23)11-12-22-20(24)15-3-5-16(21)6-4-15/h3-10H,2,11-14H2,1H3,(H,22,24). The molecule has 2 aromatic carbocycles. The molecule has 0 fully saturated rings. The lowest BCUT2D eigenvalue weighted by Crippen LogP contribution is -2.26. The zero-order valence-corrected chi connectivity index (χ0v) is 15.8. The molecule has 0 heterocycles. The summed E-state index contributed by atoms with van der Waals surface area (Å²) >= 11 is 5.77. The second-order valence-corrected chi connectivity index (χ2v) is 5.92. The lowest BCUT2D eigenvalue weighted by molar-refractivity contribution is -0.144. The smallest absolute Gasteiger partial charge is 0.307 e. The maximum Gasteiger partial charge on any atom is 0.307 e. The topological polar surface area (TPSA) is 73.9 Å². The summed E-state index contributed by atoms with van der Waals surface area (Å²) in [4.78, 5) is 23.6. The van der Waals surface area contributed by atoms with Crippen LogP contribution in [0.3, 0.4) is 0 Å². The first-order valence-electron chi connectivity index (χ1n) is 8.63. The lowest BCUT2D eigenvalue weighted by atomic mass is 10.2. The van der Waals surface area contributed by atoms with Gasteiger partial charge < -0.3 is 19.5 Å². The molecule has 0 bridgehead atoms. The predicted octanol–water partition coefficient (Wildman–Crippen LogP) is 3.48. The molecule has 2 rings (SSSR count). The van der Waals surface area contributed by atoms with E-state index in [-0.39, 0.29) is 32.1 Å². The Balaban J connectivity index is 1.58. The van der Waals surface area contributed by atoms with Crippen LogP contribution in [0.25, 0.3) is 0 Å². The zero-order chi connectivity index (χ0) is 19.5. The number of nitrogens with one attached hydrogen (secondary N) is 1. The molecule has 0 spiro atoms. The fraction of sp³-hybridized carbons (Fsp3) is 0.300. The van der Waals surface area contributed by atoms with Gasteiger partial charge in [-0.3, -0.25) is 9.59 Å². The van der Waals surface area contributed by atoms with Crippen LogP contribution in [0.5, 0.6) is 11.5 Å². The van der Waals surface area contributed by atoms with Crippen LogP contribution in [0.15, 0.2) is 48.5 Å². The van der Waals surface area contributed by atoms with Crippen LogP contribution < -0.4 is 14.8 Å². The molecule has 0 aromatic heterocycles. The number of amides is 1. The molecule has 0 saturated heterocycles. The molecule has 1 N–H and O–H groups in total. The SMILES string of the molecule is CCOc1ccc(OCCOC(=O)CCNC(=O)c2ccc(Cl)cc2)cc1. The molecular weight excluding hydrogens is 370 g/mol. The van der Waals surface area contributed by atoms with Gasteiger partial charge in [0.1, 0.15) is 24.7 Å². The van der Waals surface area contributed by atoms with Crippen molar-refractivity contribution >= 4 is 23.5 Å². The summed E-state index contributed by atoms with van der Waals surface area (Å²) in [6.07, 6.45) is 0.0857. The van der Waals surface area contributed by atoms with Crippen molar-refractivity contribution in [3.63, 3.8) is 0 Å². The molecule has 0 aliphatic rings. The van der Waals surface area contributed by atoms with Crippen molar-refractivity contribution in [3.8, 4) is 11.5 Å². The van der Waals surface area contributed by atoms with E-state index < -0.39 is 5.97 Å². The second kappa shape index (κ2) is 11.1. The fourth-order valence-corrected chi connectivity index (χ4v) is 2.29. The van der Waals surface area contributed by atoms with Crippen LogP contribution in [-0.2, 0) is 9.53 Å². The predicted molar refractivity (Wildman–Crippen MR) is 102 cm³/mol. The van der Waals surface area contributed by atoms with E-state index in [0.29, 0.717) is 22.9 Å². The van der Waals surface area contributed by atoms with Gasteiger partial charge in [0.2, 0.25) is 0 Å². The molecule has 6 nitrogen and oxygen atoms in total. The normalized spacial score (nSPS) is 10.1. The van der Waals surface area contributed by atoms with E-state index in [4.69, 9.17) is 25.8 Å². The van der Waals surface area contributed by atoms with Crippen LogP contribution in [0.1, 0.15) is 23.7 Å². The molecule has 0 aliphatic carbocycles. The molecule has 0 atom stereocenters. The van der Waals surface area contributed by atoms with Gasteiger partial charge in [-0.05, 0) is 55.5 Å². The van der Waals surface area contributed by atoms with Gasteiger partial charge in [-0.25, -0.2) is 0 Å². The highest BCUT2D eigenvalue weighted by Gasteiger charge is 2.07. The quantitative estimate of drug-likeness (QED) is 0.495. The summed E-state index contributed by atoms with van der Waals surface area (Å²) in [5, 5.41) is 3.21. The first-order valence-corrected chi connectivity index (χ1v) is 9.01. The van der Waals surface area contributed by atoms with E-state index in [1.54, 1.807) is 36.4 Å². The zero-order valence-electron chi connectivity index (χ0n) is 15.1. The number of hydrogen-bond donors (Lipinski definition) is 1. The molecule has 0 radical (unpaired) electrons. The molecule has 7 heteroatoms. The summed E-state index contributed by atoms with van der Waals surface area (Å²) in [5.74, 6) is 0.779. The Labute approximate surface area is 163 Å². The monoisotopic (exact) mass is 391 g/mol. The number of carbonyl (C=O) groups is 2. The van der Waals surface area contributed by atoms with Gasteiger partial charge in [0.15, 0.2) is 0 Å². The van der Waals surface area contributed by atoms with Crippen LogP contribution in [-0.4, -0.2) is 38.2 Å². The molecular formula is C20H22ClNO5. The third-order valence-corrected chi connectivity index (χ3v) is 3.72. The van der Waals surface area contributed by atoms with Gasteiger partial charge in [0, 0.05) is 17.1 Å². The average molecular weight is 392 g/mol. The van der Waals surface area contributed by atoms with E-state index in [2.05, 4.69) is 5.32 Å².